The molecule has 1 aliphatic heterocycles. The van der Waals surface area contributed by atoms with Crippen LogP contribution >= 0.6 is 0 Å². The summed E-state index contributed by atoms with van der Waals surface area (Å²) in [7, 11) is 0. The Labute approximate surface area is 90.6 Å². The minimum absolute atomic E-state index is 0.00413. The zero-order valence-electron chi connectivity index (χ0n) is 8.91. The van der Waals surface area contributed by atoms with Gasteiger partial charge in [0.2, 0.25) is 0 Å². The second kappa shape index (κ2) is 4.75. The fourth-order valence-electron chi connectivity index (χ4n) is 1.87. The standard InChI is InChI=1S/C12H18N2O/c13-9-12(6-7-15-10-12)14-8-11-4-2-1-3-5-11/h1-5,14H,6-10,13H2/t12-/m0/s1. The first-order valence-electron chi connectivity index (χ1n) is 5.41. The summed E-state index contributed by atoms with van der Waals surface area (Å²) in [5.74, 6) is 0. The molecule has 0 aliphatic carbocycles. The average Bonchev–Trinajstić information content (AvgIpc) is 2.77. The van der Waals surface area contributed by atoms with Gasteiger partial charge in [-0.3, -0.25) is 0 Å². The molecule has 1 atom stereocenters. The largest absolute Gasteiger partial charge is 0.379 e. The van der Waals surface area contributed by atoms with Gasteiger partial charge in [-0.05, 0) is 12.0 Å². The third-order valence-corrected chi connectivity index (χ3v) is 3.00. The van der Waals surface area contributed by atoms with Gasteiger partial charge in [0, 0.05) is 19.7 Å². The molecule has 1 aromatic carbocycles. The highest BCUT2D eigenvalue weighted by Gasteiger charge is 2.32. The highest BCUT2D eigenvalue weighted by Crippen LogP contribution is 2.17. The minimum Gasteiger partial charge on any atom is -0.379 e. The van der Waals surface area contributed by atoms with Gasteiger partial charge in [-0.2, -0.15) is 0 Å². The monoisotopic (exact) mass is 206 g/mol. The molecule has 3 heteroatoms. The van der Waals surface area contributed by atoms with Gasteiger partial charge in [-0.1, -0.05) is 30.3 Å². The molecular weight excluding hydrogens is 188 g/mol. The Morgan fingerprint density at radius 3 is 2.73 bits per heavy atom. The number of ether oxygens (including phenoxy) is 1. The van der Waals surface area contributed by atoms with Gasteiger partial charge in [0.1, 0.15) is 0 Å². The summed E-state index contributed by atoms with van der Waals surface area (Å²) in [6.07, 6.45) is 1.01. The lowest BCUT2D eigenvalue weighted by Gasteiger charge is -2.27. The predicted molar refractivity (Wildman–Crippen MR) is 60.5 cm³/mol. The number of nitrogens with two attached hydrogens (primary N) is 1. The molecule has 1 aromatic rings. The first-order chi connectivity index (χ1) is 7.35. The van der Waals surface area contributed by atoms with Crippen LogP contribution < -0.4 is 11.1 Å². The van der Waals surface area contributed by atoms with Crippen molar-refractivity contribution < 1.29 is 4.74 Å². The fourth-order valence-corrected chi connectivity index (χ4v) is 1.87. The highest BCUT2D eigenvalue weighted by atomic mass is 16.5. The van der Waals surface area contributed by atoms with E-state index in [4.69, 9.17) is 10.5 Å². The molecule has 0 amide bonds. The molecule has 3 nitrogen and oxygen atoms in total. The molecule has 0 saturated carbocycles. The van der Waals surface area contributed by atoms with Crippen molar-refractivity contribution in [3.8, 4) is 0 Å². The van der Waals surface area contributed by atoms with Crippen molar-refractivity contribution in [2.24, 2.45) is 5.73 Å². The van der Waals surface area contributed by atoms with E-state index in [-0.39, 0.29) is 5.54 Å². The fraction of sp³-hybridized carbons (Fsp3) is 0.500. The third kappa shape index (κ3) is 2.56. The van der Waals surface area contributed by atoms with Crippen LogP contribution in [0.2, 0.25) is 0 Å². The van der Waals surface area contributed by atoms with Gasteiger partial charge in [0.15, 0.2) is 0 Å². The van der Waals surface area contributed by atoms with Crippen LogP contribution in [0.3, 0.4) is 0 Å². The maximum Gasteiger partial charge on any atom is 0.0661 e. The first-order valence-corrected chi connectivity index (χ1v) is 5.41. The summed E-state index contributed by atoms with van der Waals surface area (Å²) in [5, 5.41) is 3.51. The van der Waals surface area contributed by atoms with Crippen LogP contribution in [0, 0.1) is 0 Å². The Kier molecular flexibility index (Phi) is 3.36. The Hall–Kier alpha value is -0.900. The van der Waals surface area contributed by atoms with Gasteiger partial charge in [0.05, 0.1) is 12.1 Å². The summed E-state index contributed by atoms with van der Waals surface area (Å²) in [4.78, 5) is 0. The van der Waals surface area contributed by atoms with E-state index in [2.05, 4.69) is 29.6 Å². The maximum absolute atomic E-state index is 5.79. The minimum atomic E-state index is -0.00413. The maximum atomic E-state index is 5.79. The van der Waals surface area contributed by atoms with Gasteiger partial charge in [0.25, 0.3) is 0 Å². The molecule has 15 heavy (non-hydrogen) atoms. The highest BCUT2D eigenvalue weighted by molar-refractivity contribution is 5.15. The topological polar surface area (TPSA) is 47.3 Å². The summed E-state index contributed by atoms with van der Waals surface area (Å²) in [6, 6.07) is 10.4. The summed E-state index contributed by atoms with van der Waals surface area (Å²) >= 11 is 0. The number of hydrogen-bond donors (Lipinski definition) is 2. The van der Waals surface area contributed by atoms with E-state index in [0.29, 0.717) is 6.54 Å². The summed E-state index contributed by atoms with van der Waals surface area (Å²) < 4.78 is 5.40. The average molecular weight is 206 g/mol. The molecule has 1 fully saturated rings. The number of hydrogen-bond acceptors (Lipinski definition) is 3. The van der Waals surface area contributed by atoms with Gasteiger partial charge in [-0.25, -0.2) is 0 Å². The molecule has 1 aliphatic rings. The number of benzene rings is 1. The van der Waals surface area contributed by atoms with Crippen LogP contribution in [0.4, 0.5) is 0 Å². The molecule has 82 valence electrons. The van der Waals surface area contributed by atoms with Crippen LogP contribution in [-0.4, -0.2) is 25.3 Å². The van der Waals surface area contributed by atoms with Crippen LogP contribution in [-0.2, 0) is 11.3 Å². The molecule has 3 N–H and O–H groups in total. The molecule has 0 radical (unpaired) electrons. The smallest absolute Gasteiger partial charge is 0.0661 e. The van der Waals surface area contributed by atoms with Crippen molar-refractivity contribution in [3.05, 3.63) is 35.9 Å². The van der Waals surface area contributed by atoms with Gasteiger partial charge in [-0.15, -0.1) is 0 Å². The molecular formula is C12H18N2O. The molecule has 2 rings (SSSR count). The van der Waals surface area contributed by atoms with E-state index in [1.165, 1.54) is 5.56 Å². The lowest BCUT2D eigenvalue weighted by Crippen LogP contribution is -2.51. The Morgan fingerprint density at radius 1 is 1.33 bits per heavy atom. The number of rotatable bonds is 4. The van der Waals surface area contributed by atoms with Crippen LogP contribution in [0.25, 0.3) is 0 Å². The molecule has 0 spiro atoms. The van der Waals surface area contributed by atoms with Crippen molar-refractivity contribution in [1.82, 2.24) is 5.32 Å². The van der Waals surface area contributed by atoms with E-state index in [9.17, 15) is 0 Å². The van der Waals surface area contributed by atoms with Crippen LogP contribution in [0.15, 0.2) is 30.3 Å². The zero-order valence-corrected chi connectivity index (χ0v) is 8.91. The van der Waals surface area contributed by atoms with Crippen molar-refractivity contribution in [2.75, 3.05) is 19.8 Å². The van der Waals surface area contributed by atoms with Gasteiger partial charge < -0.3 is 15.8 Å². The van der Waals surface area contributed by atoms with E-state index in [1.54, 1.807) is 0 Å². The SMILES string of the molecule is NC[C@@]1(NCc2ccccc2)CCOC1. The van der Waals surface area contributed by atoms with Crippen molar-refractivity contribution in [2.45, 2.75) is 18.5 Å². The van der Waals surface area contributed by atoms with Gasteiger partial charge >= 0.3 is 0 Å². The normalized spacial score (nSPS) is 25.7. The predicted octanol–water partition coefficient (Wildman–Crippen LogP) is 0.894. The Morgan fingerprint density at radius 2 is 2.13 bits per heavy atom. The Bertz CT molecular complexity index is 294. The second-order valence-electron chi connectivity index (χ2n) is 4.13. The molecule has 0 unspecified atom stereocenters. The third-order valence-electron chi connectivity index (χ3n) is 3.00. The lowest BCUT2D eigenvalue weighted by atomic mass is 9.98. The molecule has 1 heterocycles. The van der Waals surface area contributed by atoms with Crippen LogP contribution in [0.5, 0.6) is 0 Å². The van der Waals surface area contributed by atoms with Crippen LogP contribution in [0.1, 0.15) is 12.0 Å². The summed E-state index contributed by atoms with van der Waals surface area (Å²) in [6.45, 7) is 3.05. The van der Waals surface area contributed by atoms with Crippen molar-refractivity contribution >= 4 is 0 Å². The van der Waals surface area contributed by atoms with E-state index < -0.39 is 0 Å². The molecule has 0 aromatic heterocycles. The van der Waals surface area contributed by atoms with Crippen molar-refractivity contribution in [1.29, 1.82) is 0 Å². The van der Waals surface area contributed by atoms with Crippen molar-refractivity contribution in [3.63, 3.8) is 0 Å². The quantitative estimate of drug-likeness (QED) is 0.769. The molecule has 1 saturated heterocycles. The van der Waals surface area contributed by atoms with E-state index >= 15 is 0 Å². The van der Waals surface area contributed by atoms with E-state index in [0.717, 1.165) is 26.2 Å². The molecule has 0 bridgehead atoms. The Balaban J connectivity index is 1.92. The lowest BCUT2D eigenvalue weighted by molar-refractivity contribution is 0.168. The number of nitrogens with one attached hydrogen (secondary N) is 1. The zero-order chi connectivity index (χ0) is 10.6. The second-order valence-corrected chi connectivity index (χ2v) is 4.13. The van der Waals surface area contributed by atoms with E-state index in [1.807, 2.05) is 6.07 Å². The summed E-state index contributed by atoms with van der Waals surface area (Å²) in [5.41, 5.74) is 7.08. The first kappa shape index (κ1) is 10.6.